The Kier molecular flexibility index (Phi) is 4.78. The van der Waals surface area contributed by atoms with E-state index < -0.39 is 0 Å². The van der Waals surface area contributed by atoms with Gasteiger partial charge in [-0.05, 0) is 48.1 Å². The summed E-state index contributed by atoms with van der Waals surface area (Å²) in [6, 6.07) is 11.1. The molecule has 0 spiro atoms. The van der Waals surface area contributed by atoms with Crippen molar-refractivity contribution in [1.29, 1.82) is 0 Å². The van der Waals surface area contributed by atoms with E-state index in [0.717, 1.165) is 19.3 Å². The summed E-state index contributed by atoms with van der Waals surface area (Å²) in [5, 5.41) is 0. The van der Waals surface area contributed by atoms with Crippen LogP contribution in [0, 0.1) is 0 Å². The third-order valence-corrected chi connectivity index (χ3v) is 5.00. The van der Waals surface area contributed by atoms with Gasteiger partial charge in [-0.25, -0.2) is 0 Å². The predicted molar refractivity (Wildman–Crippen MR) is 84.9 cm³/mol. The molecule has 0 fully saturated rings. The Morgan fingerprint density at radius 1 is 0.947 bits per heavy atom. The maximum Gasteiger partial charge on any atom is 0.0646 e. The van der Waals surface area contributed by atoms with Crippen LogP contribution in [-0.4, -0.2) is 0 Å². The molecule has 0 saturated carbocycles. The van der Waals surface area contributed by atoms with Crippen LogP contribution in [0.5, 0.6) is 0 Å². The molecule has 1 aromatic carbocycles. The minimum Gasteiger partial charge on any atom is -0.320 e. The van der Waals surface area contributed by atoms with Crippen molar-refractivity contribution in [2.75, 3.05) is 0 Å². The molecule has 1 heterocycles. The highest BCUT2D eigenvalue weighted by atomic mass is 32.1. The Morgan fingerprint density at radius 3 is 2.26 bits per heavy atom. The Bertz CT molecular complexity index is 542. The topological polar surface area (TPSA) is 26.0 Å². The van der Waals surface area contributed by atoms with Gasteiger partial charge in [0.2, 0.25) is 0 Å². The molecule has 1 unspecified atom stereocenters. The van der Waals surface area contributed by atoms with Crippen molar-refractivity contribution >= 4 is 11.3 Å². The zero-order valence-corrected chi connectivity index (χ0v) is 12.9. The van der Waals surface area contributed by atoms with Crippen LogP contribution in [0.4, 0.5) is 0 Å². The molecule has 0 aliphatic rings. The standard InChI is InChI=1S/C17H23NS/c1-4-12-7-8-14(11-13(12)5-2)17(18)16-10-9-15(6-3)19-16/h7-11,17H,4-6,18H2,1-3H3. The molecule has 2 heteroatoms. The van der Waals surface area contributed by atoms with Gasteiger partial charge >= 0.3 is 0 Å². The summed E-state index contributed by atoms with van der Waals surface area (Å²) in [5.41, 5.74) is 10.5. The first-order valence-electron chi connectivity index (χ1n) is 7.15. The van der Waals surface area contributed by atoms with E-state index in [0.29, 0.717) is 0 Å². The fourth-order valence-corrected chi connectivity index (χ4v) is 3.41. The van der Waals surface area contributed by atoms with E-state index in [-0.39, 0.29) is 6.04 Å². The van der Waals surface area contributed by atoms with Gasteiger partial charge in [-0.15, -0.1) is 11.3 Å². The lowest BCUT2D eigenvalue weighted by Gasteiger charge is -2.14. The lowest BCUT2D eigenvalue weighted by molar-refractivity contribution is 0.883. The van der Waals surface area contributed by atoms with Gasteiger partial charge in [-0.3, -0.25) is 0 Å². The molecule has 0 saturated heterocycles. The molecule has 2 aromatic rings. The summed E-state index contributed by atoms with van der Waals surface area (Å²) < 4.78 is 0. The van der Waals surface area contributed by atoms with Crippen molar-refractivity contribution < 1.29 is 0 Å². The second-order valence-corrected chi connectivity index (χ2v) is 6.07. The van der Waals surface area contributed by atoms with Gasteiger partial charge in [-0.1, -0.05) is 39.0 Å². The van der Waals surface area contributed by atoms with E-state index in [1.54, 1.807) is 0 Å². The van der Waals surface area contributed by atoms with Crippen LogP contribution in [0.25, 0.3) is 0 Å². The number of hydrogen-bond acceptors (Lipinski definition) is 2. The molecule has 0 radical (unpaired) electrons. The molecule has 1 nitrogen and oxygen atoms in total. The summed E-state index contributed by atoms with van der Waals surface area (Å²) in [7, 11) is 0. The van der Waals surface area contributed by atoms with E-state index in [2.05, 4.69) is 51.1 Å². The molecule has 1 atom stereocenters. The van der Waals surface area contributed by atoms with Gasteiger partial charge in [0.05, 0.1) is 6.04 Å². The Morgan fingerprint density at radius 2 is 1.68 bits per heavy atom. The van der Waals surface area contributed by atoms with E-state index in [1.807, 2.05) is 11.3 Å². The minimum absolute atomic E-state index is 0.0153. The number of nitrogens with two attached hydrogens (primary N) is 1. The van der Waals surface area contributed by atoms with Crippen LogP contribution in [0.1, 0.15) is 53.3 Å². The van der Waals surface area contributed by atoms with Crippen LogP contribution in [0.3, 0.4) is 0 Å². The third kappa shape index (κ3) is 3.07. The first-order valence-corrected chi connectivity index (χ1v) is 7.97. The molecule has 0 aliphatic carbocycles. The Balaban J connectivity index is 2.30. The summed E-state index contributed by atoms with van der Waals surface area (Å²) >= 11 is 1.83. The molecule has 102 valence electrons. The second kappa shape index (κ2) is 6.36. The molecule has 2 rings (SSSR count). The third-order valence-electron chi connectivity index (χ3n) is 3.69. The summed E-state index contributed by atoms with van der Waals surface area (Å²) in [4.78, 5) is 2.68. The molecular weight excluding hydrogens is 250 g/mol. The minimum atomic E-state index is 0.0153. The van der Waals surface area contributed by atoms with Gasteiger partial charge in [0, 0.05) is 9.75 Å². The lowest BCUT2D eigenvalue weighted by atomic mass is 9.96. The fraction of sp³-hybridized carbons (Fsp3) is 0.412. The Hall–Kier alpha value is -1.12. The highest BCUT2D eigenvalue weighted by molar-refractivity contribution is 7.12. The molecule has 0 aliphatic heterocycles. The molecule has 19 heavy (non-hydrogen) atoms. The van der Waals surface area contributed by atoms with Gasteiger partial charge < -0.3 is 5.73 Å². The molecule has 2 N–H and O–H groups in total. The van der Waals surface area contributed by atoms with Gasteiger partial charge in [-0.2, -0.15) is 0 Å². The molecular formula is C17H23NS. The second-order valence-electron chi connectivity index (χ2n) is 4.87. The fourth-order valence-electron chi connectivity index (χ4n) is 2.43. The Labute approximate surface area is 120 Å². The maximum atomic E-state index is 6.41. The van der Waals surface area contributed by atoms with E-state index in [9.17, 15) is 0 Å². The van der Waals surface area contributed by atoms with E-state index in [1.165, 1.54) is 26.4 Å². The maximum absolute atomic E-state index is 6.41. The summed E-state index contributed by atoms with van der Waals surface area (Å²) in [5.74, 6) is 0. The molecule has 1 aromatic heterocycles. The number of hydrogen-bond donors (Lipinski definition) is 1. The summed E-state index contributed by atoms with van der Waals surface area (Å²) in [6.07, 6.45) is 3.26. The van der Waals surface area contributed by atoms with Crippen molar-refractivity contribution in [1.82, 2.24) is 0 Å². The number of benzene rings is 1. The van der Waals surface area contributed by atoms with Gasteiger partial charge in [0.1, 0.15) is 0 Å². The van der Waals surface area contributed by atoms with Crippen molar-refractivity contribution in [3.63, 3.8) is 0 Å². The zero-order chi connectivity index (χ0) is 13.8. The first kappa shape index (κ1) is 14.3. The number of thiophene rings is 1. The molecule has 0 bridgehead atoms. The van der Waals surface area contributed by atoms with Crippen LogP contribution >= 0.6 is 11.3 Å². The van der Waals surface area contributed by atoms with Crippen LogP contribution < -0.4 is 5.73 Å². The van der Waals surface area contributed by atoms with E-state index >= 15 is 0 Å². The highest BCUT2D eigenvalue weighted by Crippen LogP contribution is 2.28. The lowest BCUT2D eigenvalue weighted by Crippen LogP contribution is -2.11. The normalized spacial score (nSPS) is 12.6. The van der Waals surface area contributed by atoms with Crippen LogP contribution in [-0.2, 0) is 19.3 Å². The average molecular weight is 273 g/mol. The first-order chi connectivity index (χ1) is 9.19. The zero-order valence-electron chi connectivity index (χ0n) is 12.1. The van der Waals surface area contributed by atoms with Gasteiger partial charge in [0.25, 0.3) is 0 Å². The SMILES string of the molecule is CCc1ccc(C(N)c2ccc(CC)c(CC)c2)s1. The highest BCUT2D eigenvalue weighted by Gasteiger charge is 2.12. The largest absolute Gasteiger partial charge is 0.320 e. The van der Waals surface area contributed by atoms with Crippen LogP contribution in [0.2, 0.25) is 0 Å². The molecule has 0 amide bonds. The van der Waals surface area contributed by atoms with Crippen LogP contribution in [0.15, 0.2) is 30.3 Å². The number of aryl methyl sites for hydroxylation is 3. The van der Waals surface area contributed by atoms with Crippen molar-refractivity contribution in [2.45, 2.75) is 46.1 Å². The van der Waals surface area contributed by atoms with Crippen molar-refractivity contribution in [3.05, 3.63) is 56.8 Å². The van der Waals surface area contributed by atoms with Crippen molar-refractivity contribution in [3.8, 4) is 0 Å². The van der Waals surface area contributed by atoms with E-state index in [4.69, 9.17) is 5.73 Å². The number of rotatable bonds is 5. The monoisotopic (exact) mass is 273 g/mol. The summed E-state index contributed by atoms with van der Waals surface area (Å²) in [6.45, 7) is 6.61. The average Bonchev–Trinajstić information content (AvgIpc) is 2.94. The predicted octanol–water partition coefficient (Wildman–Crippen LogP) is 4.48. The quantitative estimate of drug-likeness (QED) is 0.854. The van der Waals surface area contributed by atoms with Gasteiger partial charge in [0.15, 0.2) is 0 Å². The smallest absolute Gasteiger partial charge is 0.0646 e. The van der Waals surface area contributed by atoms with Crippen molar-refractivity contribution in [2.24, 2.45) is 5.73 Å².